The Bertz CT molecular complexity index is 586. The van der Waals surface area contributed by atoms with Crippen molar-refractivity contribution >= 4 is 22.5 Å². The van der Waals surface area contributed by atoms with Crippen LogP contribution in [0.4, 0.5) is 5.69 Å². The van der Waals surface area contributed by atoms with Gasteiger partial charge in [-0.25, -0.2) is 0 Å². The molecule has 1 unspecified atom stereocenters. The van der Waals surface area contributed by atoms with Crippen LogP contribution in [0.5, 0.6) is 0 Å². The van der Waals surface area contributed by atoms with Crippen molar-refractivity contribution in [1.82, 2.24) is 9.78 Å². The molecular weight excluding hydrogens is 240 g/mol. The van der Waals surface area contributed by atoms with Gasteiger partial charge in [-0.05, 0) is 39.0 Å². The molecule has 3 N–H and O–H groups in total. The summed E-state index contributed by atoms with van der Waals surface area (Å²) in [5, 5.41) is 8.33. The van der Waals surface area contributed by atoms with Crippen molar-refractivity contribution in [3.63, 3.8) is 0 Å². The van der Waals surface area contributed by atoms with Crippen molar-refractivity contribution in [3.8, 4) is 0 Å². The fraction of sp³-hybridized carbons (Fsp3) is 0.429. The summed E-state index contributed by atoms with van der Waals surface area (Å²) in [6.45, 7) is 5.98. The third-order valence-electron chi connectivity index (χ3n) is 2.84. The number of carbonyl (C=O) groups excluding carboxylic acids is 1. The van der Waals surface area contributed by atoms with E-state index in [-0.39, 0.29) is 11.9 Å². The SMILES string of the molecule is CC(N)CC(=O)Nc1ccc2nn(C(C)C)cc2c1. The molecule has 0 saturated heterocycles. The summed E-state index contributed by atoms with van der Waals surface area (Å²) >= 11 is 0. The minimum atomic E-state index is -0.132. The van der Waals surface area contributed by atoms with Gasteiger partial charge in [0.05, 0.1) is 5.52 Å². The monoisotopic (exact) mass is 260 g/mol. The molecule has 2 aromatic rings. The molecule has 5 nitrogen and oxygen atoms in total. The zero-order chi connectivity index (χ0) is 14.0. The Labute approximate surface area is 112 Å². The van der Waals surface area contributed by atoms with Gasteiger partial charge in [0, 0.05) is 35.8 Å². The van der Waals surface area contributed by atoms with Gasteiger partial charge in [0.2, 0.25) is 5.91 Å². The Morgan fingerprint density at radius 1 is 1.42 bits per heavy atom. The van der Waals surface area contributed by atoms with E-state index in [4.69, 9.17) is 5.73 Å². The lowest BCUT2D eigenvalue weighted by molar-refractivity contribution is -0.116. The van der Waals surface area contributed by atoms with Gasteiger partial charge >= 0.3 is 0 Å². The lowest BCUT2D eigenvalue weighted by Gasteiger charge is -2.06. The van der Waals surface area contributed by atoms with Gasteiger partial charge in [0.1, 0.15) is 0 Å². The topological polar surface area (TPSA) is 72.9 Å². The summed E-state index contributed by atoms with van der Waals surface area (Å²) in [6, 6.07) is 5.89. The zero-order valence-corrected chi connectivity index (χ0v) is 11.6. The Balaban J connectivity index is 2.19. The smallest absolute Gasteiger partial charge is 0.225 e. The predicted octanol–water partition coefficient (Wildman–Crippen LogP) is 2.29. The maximum absolute atomic E-state index is 11.7. The average molecular weight is 260 g/mol. The predicted molar refractivity (Wildman–Crippen MR) is 77.0 cm³/mol. The second-order valence-corrected chi connectivity index (χ2v) is 5.21. The molecule has 1 atom stereocenters. The van der Waals surface area contributed by atoms with Crippen molar-refractivity contribution in [1.29, 1.82) is 0 Å². The van der Waals surface area contributed by atoms with Crippen LogP contribution in [0, 0.1) is 0 Å². The summed E-state index contributed by atoms with van der Waals surface area (Å²) in [5.74, 6) is -0.0643. The van der Waals surface area contributed by atoms with E-state index in [1.165, 1.54) is 0 Å². The number of nitrogens with two attached hydrogens (primary N) is 1. The number of aromatic nitrogens is 2. The Kier molecular flexibility index (Phi) is 3.85. The number of hydrogen-bond donors (Lipinski definition) is 2. The maximum Gasteiger partial charge on any atom is 0.225 e. The van der Waals surface area contributed by atoms with Crippen LogP contribution in [0.2, 0.25) is 0 Å². The molecule has 102 valence electrons. The highest BCUT2D eigenvalue weighted by Gasteiger charge is 2.08. The zero-order valence-electron chi connectivity index (χ0n) is 11.6. The fourth-order valence-electron chi connectivity index (χ4n) is 1.89. The molecule has 19 heavy (non-hydrogen) atoms. The number of amides is 1. The minimum absolute atomic E-state index is 0.0643. The number of rotatable bonds is 4. The summed E-state index contributed by atoms with van der Waals surface area (Å²) in [4.78, 5) is 11.7. The third-order valence-corrected chi connectivity index (χ3v) is 2.84. The molecule has 5 heteroatoms. The lowest BCUT2D eigenvalue weighted by atomic mass is 10.2. The Hall–Kier alpha value is -1.88. The minimum Gasteiger partial charge on any atom is -0.327 e. The highest BCUT2D eigenvalue weighted by atomic mass is 16.1. The van der Waals surface area contributed by atoms with E-state index in [2.05, 4.69) is 24.3 Å². The molecule has 0 fully saturated rings. The number of nitrogens with zero attached hydrogens (tertiary/aromatic N) is 2. The molecule has 0 bridgehead atoms. The first-order valence-electron chi connectivity index (χ1n) is 6.50. The first-order chi connectivity index (χ1) is 8.95. The number of nitrogens with one attached hydrogen (secondary N) is 1. The number of hydrogen-bond acceptors (Lipinski definition) is 3. The van der Waals surface area contributed by atoms with E-state index in [1.54, 1.807) is 0 Å². The lowest BCUT2D eigenvalue weighted by Crippen LogP contribution is -2.23. The van der Waals surface area contributed by atoms with Gasteiger partial charge in [-0.2, -0.15) is 5.10 Å². The van der Waals surface area contributed by atoms with Crippen LogP contribution in [0.25, 0.3) is 10.9 Å². The molecule has 0 saturated carbocycles. The van der Waals surface area contributed by atoms with E-state index < -0.39 is 0 Å². The van der Waals surface area contributed by atoms with E-state index >= 15 is 0 Å². The molecule has 1 heterocycles. The Morgan fingerprint density at radius 2 is 2.16 bits per heavy atom. The van der Waals surface area contributed by atoms with E-state index in [9.17, 15) is 4.79 Å². The molecule has 0 spiro atoms. The van der Waals surface area contributed by atoms with Gasteiger partial charge in [0.25, 0.3) is 0 Å². The largest absolute Gasteiger partial charge is 0.327 e. The van der Waals surface area contributed by atoms with E-state index in [1.807, 2.05) is 36.0 Å². The number of anilines is 1. The van der Waals surface area contributed by atoms with Crippen LogP contribution < -0.4 is 11.1 Å². The van der Waals surface area contributed by atoms with Crippen LogP contribution in [-0.4, -0.2) is 21.7 Å². The molecule has 2 rings (SSSR count). The fourth-order valence-corrected chi connectivity index (χ4v) is 1.89. The molecule has 1 aromatic carbocycles. The van der Waals surface area contributed by atoms with Crippen molar-refractivity contribution in [2.45, 2.75) is 39.3 Å². The second-order valence-electron chi connectivity index (χ2n) is 5.21. The Morgan fingerprint density at radius 3 is 2.79 bits per heavy atom. The molecule has 0 aliphatic heterocycles. The third kappa shape index (κ3) is 3.32. The summed E-state index contributed by atoms with van der Waals surface area (Å²) < 4.78 is 1.91. The van der Waals surface area contributed by atoms with Crippen LogP contribution in [0.3, 0.4) is 0 Å². The summed E-state index contributed by atoms with van der Waals surface area (Å²) in [5.41, 5.74) is 7.31. The van der Waals surface area contributed by atoms with Crippen LogP contribution >= 0.6 is 0 Å². The van der Waals surface area contributed by atoms with Crippen molar-refractivity contribution in [2.24, 2.45) is 5.73 Å². The first-order valence-corrected chi connectivity index (χ1v) is 6.50. The standard InChI is InChI=1S/C14H20N4O/c1-9(2)18-8-11-7-12(4-5-13(11)17-18)16-14(19)6-10(3)15/h4-5,7-10H,6,15H2,1-3H3,(H,16,19). The van der Waals surface area contributed by atoms with Gasteiger partial charge < -0.3 is 11.1 Å². The molecule has 0 radical (unpaired) electrons. The molecule has 0 aliphatic carbocycles. The van der Waals surface area contributed by atoms with Crippen LogP contribution in [-0.2, 0) is 4.79 Å². The van der Waals surface area contributed by atoms with Crippen molar-refractivity contribution < 1.29 is 4.79 Å². The van der Waals surface area contributed by atoms with Gasteiger partial charge in [0.15, 0.2) is 0 Å². The molecule has 0 aliphatic rings. The highest BCUT2D eigenvalue weighted by molar-refractivity contribution is 5.93. The number of benzene rings is 1. The summed E-state index contributed by atoms with van der Waals surface area (Å²) in [7, 11) is 0. The second kappa shape index (κ2) is 5.40. The van der Waals surface area contributed by atoms with Gasteiger partial charge in [-0.15, -0.1) is 0 Å². The highest BCUT2D eigenvalue weighted by Crippen LogP contribution is 2.19. The van der Waals surface area contributed by atoms with Crippen molar-refractivity contribution in [2.75, 3.05) is 5.32 Å². The van der Waals surface area contributed by atoms with Gasteiger partial charge in [-0.1, -0.05) is 0 Å². The van der Waals surface area contributed by atoms with Gasteiger partial charge in [-0.3, -0.25) is 9.48 Å². The molecular formula is C14H20N4O. The van der Waals surface area contributed by atoms with Crippen LogP contribution in [0.1, 0.15) is 33.2 Å². The first kappa shape index (κ1) is 13.5. The summed E-state index contributed by atoms with van der Waals surface area (Å²) in [6.07, 6.45) is 2.31. The quantitative estimate of drug-likeness (QED) is 0.885. The maximum atomic E-state index is 11.7. The molecule has 1 aromatic heterocycles. The van der Waals surface area contributed by atoms with E-state index in [0.717, 1.165) is 16.6 Å². The molecule has 1 amide bonds. The van der Waals surface area contributed by atoms with Crippen molar-refractivity contribution in [3.05, 3.63) is 24.4 Å². The average Bonchev–Trinajstić information content (AvgIpc) is 2.70. The number of carbonyl (C=O) groups is 1. The normalized spacial score (nSPS) is 12.9. The number of fused-ring (bicyclic) bond motifs is 1. The van der Waals surface area contributed by atoms with Crippen LogP contribution in [0.15, 0.2) is 24.4 Å². The van der Waals surface area contributed by atoms with E-state index in [0.29, 0.717) is 12.5 Å².